The average Bonchev–Trinajstić information content (AvgIpc) is 2.66. The molecule has 28 heavy (non-hydrogen) atoms. The predicted molar refractivity (Wildman–Crippen MR) is 119 cm³/mol. The van der Waals surface area contributed by atoms with E-state index in [9.17, 15) is 4.79 Å². The molecule has 4 nitrogen and oxygen atoms in total. The molecule has 4 heteroatoms. The third-order valence-corrected chi connectivity index (χ3v) is 5.54. The van der Waals surface area contributed by atoms with Gasteiger partial charge in [-0.3, -0.25) is 4.79 Å². The lowest BCUT2D eigenvalue weighted by molar-refractivity contribution is -0.121. The smallest absolute Gasteiger partial charge is 0.137 e. The zero-order valence-corrected chi connectivity index (χ0v) is 17.7. The second-order valence-electron chi connectivity index (χ2n) is 7.83. The molecule has 0 radical (unpaired) electrons. The molecule has 0 amide bonds. The SMILES string of the molecule is CC/C=C(\C=C/N)C(C)(C)C(C(C)=O)/C(C)=C(\N)C1=CCNc2ccccc21. The quantitative estimate of drug-likeness (QED) is 0.596. The number of fused-ring (bicyclic) bond motifs is 1. The van der Waals surface area contributed by atoms with E-state index in [1.807, 2.05) is 31.2 Å². The van der Waals surface area contributed by atoms with Gasteiger partial charge in [0.15, 0.2) is 0 Å². The van der Waals surface area contributed by atoms with Gasteiger partial charge >= 0.3 is 0 Å². The van der Waals surface area contributed by atoms with Crippen LogP contribution >= 0.6 is 0 Å². The van der Waals surface area contributed by atoms with Gasteiger partial charge in [-0.15, -0.1) is 0 Å². The average molecular weight is 380 g/mol. The summed E-state index contributed by atoms with van der Waals surface area (Å²) < 4.78 is 0. The summed E-state index contributed by atoms with van der Waals surface area (Å²) in [6.45, 7) is 10.6. The van der Waals surface area contributed by atoms with E-state index in [4.69, 9.17) is 11.5 Å². The fourth-order valence-corrected chi connectivity index (χ4v) is 4.26. The van der Waals surface area contributed by atoms with Crippen LogP contribution in [0.15, 0.2) is 65.5 Å². The van der Waals surface area contributed by atoms with Gasteiger partial charge in [-0.05, 0) is 49.8 Å². The van der Waals surface area contributed by atoms with Crippen LogP contribution in [0.1, 0.15) is 46.6 Å². The van der Waals surface area contributed by atoms with Crippen LogP contribution in [0.5, 0.6) is 0 Å². The number of nitrogens with one attached hydrogen (secondary N) is 1. The van der Waals surface area contributed by atoms with Crippen LogP contribution in [-0.2, 0) is 4.79 Å². The Hall–Kier alpha value is -2.75. The Balaban J connectivity index is 2.58. The Morgan fingerprint density at radius 1 is 1.29 bits per heavy atom. The van der Waals surface area contributed by atoms with E-state index in [1.54, 1.807) is 6.92 Å². The number of hydrogen-bond acceptors (Lipinski definition) is 4. The maximum absolute atomic E-state index is 12.8. The van der Waals surface area contributed by atoms with Gasteiger partial charge in [0.2, 0.25) is 0 Å². The molecule has 0 spiro atoms. The molecule has 1 atom stereocenters. The van der Waals surface area contributed by atoms with Crippen LogP contribution in [-0.4, -0.2) is 12.3 Å². The van der Waals surface area contributed by atoms with Crippen molar-refractivity contribution in [1.29, 1.82) is 0 Å². The molecule has 0 aliphatic carbocycles. The molecule has 5 N–H and O–H groups in total. The lowest BCUT2D eigenvalue weighted by atomic mass is 9.67. The van der Waals surface area contributed by atoms with Crippen molar-refractivity contribution >= 4 is 17.0 Å². The summed E-state index contributed by atoms with van der Waals surface area (Å²) in [6, 6.07) is 8.11. The summed E-state index contributed by atoms with van der Waals surface area (Å²) in [6.07, 6.45) is 8.52. The third kappa shape index (κ3) is 4.22. The molecule has 1 aromatic carbocycles. The summed E-state index contributed by atoms with van der Waals surface area (Å²) in [7, 11) is 0. The van der Waals surface area contributed by atoms with Crippen LogP contribution < -0.4 is 16.8 Å². The van der Waals surface area contributed by atoms with E-state index in [-0.39, 0.29) is 11.7 Å². The molecule has 1 heterocycles. The lowest BCUT2D eigenvalue weighted by Gasteiger charge is -2.36. The molecule has 150 valence electrons. The van der Waals surface area contributed by atoms with Gasteiger partial charge in [0.25, 0.3) is 0 Å². The highest BCUT2D eigenvalue weighted by Gasteiger charge is 2.37. The number of allylic oxidation sites excluding steroid dienone is 5. The molecule has 1 unspecified atom stereocenters. The van der Waals surface area contributed by atoms with Crippen LogP contribution in [0.4, 0.5) is 5.69 Å². The number of Topliss-reactive ketones (excluding diaryl/α,β-unsaturated/α-hetero) is 1. The number of rotatable bonds is 7. The molecule has 1 aliphatic rings. The fraction of sp³-hybridized carbons (Fsp3) is 0.375. The number of ketones is 1. The molecule has 1 aliphatic heterocycles. The van der Waals surface area contributed by atoms with E-state index < -0.39 is 5.41 Å². The highest BCUT2D eigenvalue weighted by Crippen LogP contribution is 2.43. The van der Waals surface area contributed by atoms with E-state index in [2.05, 4.69) is 44.3 Å². The minimum absolute atomic E-state index is 0.0979. The maximum Gasteiger partial charge on any atom is 0.137 e. The number of carbonyl (C=O) groups is 1. The van der Waals surface area contributed by atoms with Gasteiger partial charge in [-0.25, -0.2) is 0 Å². The van der Waals surface area contributed by atoms with Crippen molar-refractivity contribution in [3.05, 3.63) is 71.1 Å². The zero-order valence-electron chi connectivity index (χ0n) is 17.7. The first-order valence-electron chi connectivity index (χ1n) is 9.85. The number of carbonyl (C=O) groups excluding carboxylic acids is 1. The molecular weight excluding hydrogens is 346 g/mol. The van der Waals surface area contributed by atoms with Crippen LogP contribution in [0.25, 0.3) is 5.57 Å². The topological polar surface area (TPSA) is 81.1 Å². The first kappa shape index (κ1) is 21.5. The number of anilines is 1. The highest BCUT2D eigenvalue weighted by atomic mass is 16.1. The van der Waals surface area contributed by atoms with Crippen LogP contribution in [0.3, 0.4) is 0 Å². The van der Waals surface area contributed by atoms with Gasteiger partial charge in [-0.1, -0.05) is 51.1 Å². The van der Waals surface area contributed by atoms with E-state index in [1.165, 1.54) is 6.20 Å². The van der Waals surface area contributed by atoms with Gasteiger partial charge in [0.1, 0.15) is 5.78 Å². The molecule has 2 rings (SSSR count). The minimum Gasteiger partial charge on any atom is -0.405 e. The first-order chi connectivity index (χ1) is 13.3. The summed E-state index contributed by atoms with van der Waals surface area (Å²) in [5, 5.41) is 3.37. The number of nitrogens with two attached hydrogens (primary N) is 2. The number of para-hydroxylation sites is 1. The molecule has 0 saturated heterocycles. The van der Waals surface area contributed by atoms with Gasteiger partial charge in [0, 0.05) is 40.4 Å². The van der Waals surface area contributed by atoms with Gasteiger partial charge in [-0.2, -0.15) is 0 Å². The van der Waals surface area contributed by atoms with E-state index in [0.29, 0.717) is 12.2 Å². The molecule has 0 aromatic heterocycles. The summed E-state index contributed by atoms with van der Waals surface area (Å²) >= 11 is 0. The standard InChI is InChI=1S/C24H33N3O/c1-6-9-18(12-14-25)24(4,5)22(17(3)28)16(2)23(26)20-13-15-27-21-11-8-7-10-19(20)21/h7-14,22,27H,6,15,25-26H2,1-5H3/b14-12-,18-9+,23-16-. The molecule has 0 saturated carbocycles. The highest BCUT2D eigenvalue weighted by molar-refractivity contribution is 5.90. The summed E-state index contributed by atoms with van der Waals surface area (Å²) in [5.41, 5.74) is 17.6. The largest absolute Gasteiger partial charge is 0.405 e. The Kier molecular flexibility index (Phi) is 6.90. The van der Waals surface area contributed by atoms with Crippen LogP contribution in [0, 0.1) is 11.3 Å². The Labute approximate surface area is 169 Å². The van der Waals surface area contributed by atoms with E-state index in [0.717, 1.165) is 34.4 Å². The maximum atomic E-state index is 12.8. The minimum atomic E-state index is -0.431. The van der Waals surface area contributed by atoms with Gasteiger partial charge < -0.3 is 16.8 Å². The van der Waals surface area contributed by atoms with Crippen molar-refractivity contribution in [2.45, 2.75) is 41.0 Å². The molecule has 0 bridgehead atoms. The molecular formula is C24H33N3O. The second kappa shape index (κ2) is 8.96. The Morgan fingerprint density at radius 3 is 2.57 bits per heavy atom. The van der Waals surface area contributed by atoms with Crippen molar-refractivity contribution in [1.82, 2.24) is 0 Å². The Bertz CT molecular complexity index is 856. The van der Waals surface area contributed by atoms with Crippen molar-refractivity contribution < 1.29 is 4.79 Å². The predicted octanol–water partition coefficient (Wildman–Crippen LogP) is 4.77. The number of benzene rings is 1. The van der Waals surface area contributed by atoms with Crippen molar-refractivity contribution in [2.75, 3.05) is 11.9 Å². The summed E-state index contributed by atoms with van der Waals surface area (Å²) in [4.78, 5) is 12.8. The Morgan fingerprint density at radius 2 is 1.96 bits per heavy atom. The van der Waals surface area contributed by atoms with Crippen molar-refractivity contribution in [2.24, 2.45) is 22.8 Å². The second-order valence-corrected chi connectivity index (χ2v) is 7.83. The van der Waals surface area contributed by atoms with E-state index >= 15 is 0 Å². The van der Waals surface area contributed by atoms with Crippen molar-refractivity contribution in [3.8, 4) is 0 Å². The number of hydrogen-bond donors (Lipinski definition) is 3. The zero-order chi connectivity index (χ0) is 20.9. The lowest BCUT2D eigenvalue weighted by Crippen LogP contribution is -2.34. The van der Waals surface area contributed by atoms with Gasteiger partial charge in [0.05, 0.1) is 0 Å². The first-order valence-corrected chi connectivity index (χ1v) is 9.85. The van der Waals surface area contributed by atoms with Crippen LogP contribution in [0.2, 0.25) is 0 Å². The molecule has 1 aromatic rings. The fourth-order valence-electron chi connectivity index (χ4n) is 4.26. The summed E-state index contributed by atoms with van der Waals surface area (Å²) in [5.74, 6) is -0.245. The molecule has 0 fully saturated rings. The third-order valence-electron chi connectivity index (χ3n) is 5.54. The normalized spacial score (nSPS) is 16.8. The monoisotopic (exact) mass is 379 g/mol. The van der Waals surface area contributed by atoms with Crippen molar-refractivity contribution in [3.63, 3.8) is 0 Å².